The average Bonchev–Trinajstić information content (AvgIpc) is 3.21. The smallest absolute Gasteiger partial charge is 0.0949 e. The lowest BCUT2D eigenvalue weighted by Crippen LogP contribution is -2.27. The molecule has 1 atom stereocenters. The second-order valence-corrected chi connectivity index (χ2v) is 6.54. The molecule has 1 aliphatic rings. The monoisotopic (exact) mass is 307 g/mol. The molecule has 5 heteroatoms. The van der Waals surface area contributed by atoms with E-state index < -0.39 is 0 Å². The van der Waals surface area contributed by atoms with Crippen LogP contribution in [0.25, 0.3) is 16.6 Å². The van der Waals surface area contributed by atoms with Crippen molar-refractivity contribution in [3.8, 4) is 11.1 Å². The molecular weight excluding hydrogens is 286 g/mol. The normalized spacial score (nSPS) is 19.0. The molecule has 0 amide bonds. The Morgan fingerprint density at radius 2 is 2.09 bits per heavy atom. The predicted molar refractivity (Wildman–Crippen MR) is 90.3 cm³/mol. The molecule has 4 rings (SSSR count). The number of hydrogen-bond donors (Lipinski definition) is 0. The highest BCUT2D eigenvalue weighted by molar-refractivity contribution is 5.65. The zero-order chi connectivity index (χ0) is 15.8. The number of aromatic nitrogens is 4. The predicted octanol–water partition coefficient (Wildman–Crippen LogP) is 2.99. The molecule has 3 aromatic heterocycles. The molecule has 1 fully saturated rings. The molecule has 1 aliphatic heterocycles. The summed E-state index contributed by atoms with van der Waals surface area (Å²) >= 11 is 0. The van der Waals surface area contributed by atoms with Gasteiger partial charge in [0.2, 0.25) is 0 Å². The summed E-state index contributed by atoms with van der Waals surface area (Å²) in [5.74, 6) is 0.485. The summed E-state index contributed by atoms with van der Waals surface area (Å²) in [5, 5.41) is 8.82. The van der Waals surface area contributed by atoms with Gasteiger partial charge in [-0.15, -0.1) is 5.10 Å². The van der Waals surface area contributed by atoms with Gasteiger partial charge in [-0.3, -0.25) is 4.98 Å². The molecule has 0 N–H and O–H groups in total. The molecule has 0 spiro atoms. The van der Waals surface area contributed by atoms with Crippen LogP contribution in [0.3, 0.4) is 0 Å². The van der Waals surface area contributed by atoms with Gasteiger partial charge in [-0.25, -0.2) is 4.52 Å². The van der Waals surface area contributed by atoms with Crippen LogP contribution in [0.15, 0.2) is 42.9 Å². The largest absolute Gasteiger partial charge is 0.300 e. The van der Waals surface area contributed by atoms with Crippen LogP contribution in [-0.2, 0) is 0 Å². The number of rotatable bonds is 3. The summed E-state index contributed by atoms with van der Waals surface area (Å²) in [6.45, 7) is 6.74. The van der Waals surface area contributed by atoms with Crippen LogP contribution < -0.4 is 0 Å². The van der Waals surface area contributed by atoms with Crippen LogP contribution >= 0.6 is 0 Å². The fourth-order valence-corrected chi connectivity index (χ4v) is 3.39. The fraction of sp³-hybridized carbons (Fsp3) is 0.389. The van der Waals surface area contributed by atoms with E-state index in [2.05, 4.69) is 52.2 Å². The van der Waals surface area contributed by atoms with Gasteiger partial charge in [-0.1, -0.05) is 17.3 Å². The third kappa shape index (κ3) is 2.61. The molecule has 0 unspecified atom stereocenters. The molecule has 0 bridgehead atoms. The van der Waals surface area contributed by atoms with Crippen LogP contribution in [0.4, 0.5) is 0 Å². The summed E-state index contributed by atoms with van der Waals surface area (Å²) in [5.41, 5.74) is 4.45. The highest BCUT2D eigenvalue weighted by Crippen LogP contribution is 2.30. The number of pyridine rings is 2. The first-order chi connectivity index (χ1) is 11.2. The van der Waals surface area contributed by atoms with Gasteiger partial charge in [0.05, 0.1) is 11.2 Å². The third-order valence-corrected chi connectivity index (χ3v) is 4.77. The lowest BCUT2D eigenvalue weighted by atomic mass is 10.0. The van der Waals surface area contributed by atoms with Crippen LogP contribution in [0.1, 0.15) is 31.9 Å². The minimum absolute atomic E-state index is 0.485. The molecule has 0 radical (unpaired) electrons. The minimum atomic E-state index is 0.485. The van der Waals surface area contributed by atoms with E-state index in [1.54, 1.807) is 6.20 Å². The van der Waals surface area contributed by atoms with Crippen LogP contribution in [0, 0.1) is 0 Å². The van der Waals surface area contributed by atoms with Crippen molar-refractivity contribution in [3.05, 3.63) is 48.5 Å². The van der Waals surface area contributed by atoms with Crippen molar-refractivity contribution in [2.45, 2.75) is 32.2 Å². The Labute approximate surface area is 136 Å². The van der Waals surface area contributed by atoms with Gasteiger partial charge in [-0.2, -0.15) is 0 Å². The standard InChI is InChI=1S/C18H21N5/c1-13(2)22-9-7-16(11-22)18-17-6-5-15(12-23(17)21-20-18)14-4-3-8-19-10-14/h3-6,8,10,12-13,16H,7,9,11H2,1-2H3/t16-/m1/s1. The van der Waals surface area contributed by atoms with E-state index in [4.69, 9.17) is 0 Å². The number of nitrogens with zero attached hydrogens (tertiary/aromatic N) is 5. The van der Waals surface area contributed by atoms with Crippen molar-refractivity contribution in [2.75, 3.05) is 13.1 Å². The molecule has 0 saturated carbocycles. The van der Waals surface area contributed by atoms with Crippen molar-refractivity contribution in [3.63, 3.8) is 0 Å². The van der Waals surface area contributed by atoms with E-state index in [-0.39, 0.29) is 0 Å². The molecule has 5 nitrogen and oxygen atoms in total. The number of hydrogen-bond acceptors (Lipinski definition) is 4. The average molecular weight is 307 g/mol. The summed E-state index contributed by atoms with van der Waals surface area (Å²) in [6, 6.07) is 8.87. The first-order valence-corrected chi connectivity index (χ1v) is 8.22. The van der Waals surface area contributed by atoms with E-state index in [1.807, 2.05) is 23.0 Å². The Morgan fingerprint density at radius 3 is 2.83 bits per heavy atom. The van der Waals surface area contributed by atoms with Crippen molar-refractivity contribution in [1.82, 2.24) is 24.7 Å². The fourth-order valence-electron chi connectivity index (χ4n) is 3.39. The topological polar surface area (TPSA) is 46.3 Å². The molecule has 0 aromatic carbocycles. The molecule has 4 heterocycles. The maximum Gasteiger partial charge on any atom is 0.0949 e. The Balaban J connectivity index is 1.66. The van der Waals surface area contributed by atoms with E-state index in [1.165, 1.54) is 0 Å². The first-order valence-electron chi connectivity index (χ1n) is 8.22. The summed E-state index contributed by atoms with van der Waals surface area (Å²) in [4.78, 5) is 6.70. The summed E-state index contributed by atoms with van der Waals surface area (Å²) < 4.78 is 1.90. The molecule has 3 aromatic rings. The van der Waals surface area contributed by atoms with Gasteiger partial charge in [0.25, 0.3) is 0 Å². The molecule has 118 valence electrons. The Hall–Kier alpha value is -2.27. The number of likely N-dealkylation sites (tertiary alicyclic amines) is 1. The van der Waals surface area contributed by atoms with Crippen LogP contribution in [-0.4, -0.2) is 43.8 Å². The lowest BCUT2D eigenvalue weighted by Gasteiger charge is -2.19. The second kappa shape index (κ2) is 5.74. The maximum absolute atomic E-state index is 4.48. The van der Waals surface area contributed by atoms with Gasteiger partial charge in [-0.05, 0) is 38.9 Å². The zero-order valence-corrected chi connectivity index (χ0v) is 13.6. The van der Waals surface area contributed by atoms with Crippen molar-refractivity contribution in [1.29, 1.82) is 0 Å². The maximum atomic E-state index is 4.48. The van der Waals surface area contributed by atoms with Gasteiger partial charge in [0.15, 0.2) is 0 Å². The summed E-state index contributed by atoms with van der Waals surface area (Å²) in [6.07, 6.45) is 6.86. The summed E-state index contributed by atoms with van der Waals surface area (Å²) in [7, 11) is 0. The lowest BCUT2D eigenvalue weighted by molar-refractivity contribution is 0.272. The Bertz CT molecular complexity index is 809. The third-order valence-electron chi connectivity index (χ3n) is 4.77. The number of fused-ring (bicyclic) bond motifs is 1. The van der Waals surface area contributed by atoms with Crippen molar-refractivity contribution < 1.29 is 0 Å². The van der Waals surface area contributed by atoms with Gasteiger partial charge in [0.1, 0.15) is 0 Å². The van der Waals surface area contributed by atoms with E-state index in [9.17, 15) is 0 Å². The van der Waals surface area contributed by atoms with Crippen LogP contribution in [0.5, 0.6) is 0 Å². The highest BCUT2D eigenvalue weighted by atomic mass is 15.4. The SMILES string of the molecule is CC(C)N1CC[C@@H](c2nnn3cc(-c4cccnc4)ccc23)C1. The van der Waals surface area contributed by atoms with E-state index in [0.29, 0.717) is 12.0 Å². The molecule has 0 aliphatic carbocycles. The molecule has 1 saturated heterocycles. The zero-order valence-electron chi connectivity index (χ0n) is 13.6. The first kappa shape index (κ1) is 14.3. The van der Waals surface area contributed by atoms with E-state index in [0.717, 1.165) is 41.8 Å². The highest BCUT2D eigenvalue weighted by Gasteiger charge is 2.28. The minimum Gasteiger partial charge on any atom is -0.300 e. The molecular formula is C18H21N5. The Kier molecular flexibility index (Phi) is 3.58. The van der Waals surface area contributed by atoms with E-state index >= 15 is 0 Å². The van der Waals surface area contributed by atoms with Gasteiger partial charge in [0, 0.05) is 48.2 Å². The second-order valence-electron chi connectivity index (χ2n) is 6.54. The van der Waals surface area contributed by atoms with Crippen molar-refractivity contribution >= 4 is 5.52 Å². The van der Waals surface area contributed by atoms with Gasteiger partial charge < -0.3 is 4.90 Å². The van der Waals surface area contributed by atoms with Crippen LogP contribution in [0.2, 0.25) is 0 Å². The van der Waals surface area contributed by atoms with Gasteiger partial charge >= 0.3 is 0 Å². The molecule has 23 heavy (non-hydrogen) atoms. The quantitative estimate of drug-likeness (QED) is 0.746. The van der Waals surface area contributed by atoms with Crippen molar-refractivity contribution in [2.24, 2.45) is 0 Å². The Morgan fingerprint density at radius 1 is 1.17 bits per heavy atom.